The van der Waals surface area contributed by atoms with Gasteiger partial charge in [-0.1, -0.05) is 6.07 Å². The van der Waals surface area contributed by atoms with Crippen LogP contribution in [0.3, 0.4) is 0 Å². The van der Waals surface area contributed by atoms with Gasteiger partial charge in [-0.2, -0.15) is 0 Å². The normalized spacial score (nSPS) is 18.1. The van der Waals surface area contributed by atoms with Crippen LogP contribution >= 0.6 is 0 Å². The predicted octanol–water partition coefficient (Wildman–Crippen LogP) is 1.55. The maximum absolute atomic E-state index is 12.6. The molecule has 1 unspecified atom stereocenters. The van der Waals surface area contributed by atoms with E-state index in [1.54, 1.807) is 41.3 Å². The SMILES string of the molecule is NC(=O)c1cccc(NC(=O)C2CC(=O)N(c3ccc4c(c3)OCCO4)C2)c1. The van der Waals surface area contributed by atoms with E-state index in [-0.39, 0.29) is 24.8 Å². The predicted molar refractivity (Wildman–Crippen MR) is 101 cm³/mol. The van der Waals surface area contributed by atoms with Crippen LogP contribution in [0.2, 0.25) is 0 Å². The van der Waals surface area contributed by atoms with Crippen LogP contribution in [0.25, 0.3) is 0 Å². The summed E-state index contributed by atoms with van der Waals surface area (Å²) in [4.78, 5) is 37.9. The first kappa shape index (κ1) is 17.8. The second kappa shape index (κ2) is 7.22. The highest BCUT2D eigenvalue weighted by molar-refractivity contribution is 6.04. The summed E-state index contributed by atoms with van der Waals surface area (Å²) in [7, 11) is 0. The molecule has 2 aromatic carbocycles. The summed E-state index contributed by atoms with van der Waals surface area (Å²) in [5.74, 6) is -0.259. The van der Waals surface area contributed by atoms with E-state index in [4.69, 9.17) is 15.2 Å². The molecule has 1 saturated heterocycles. The fourth-order valence-corrected chi connectivity index (χ4v) is 3.33. The van der Waals surface area contributed by atoms with E-state index in [1.807, 2.05) is 0 Å². The zero-order valence-electron chi connectivity index (χ0n) is 15.0. The van der Waals surface area contributed by atoms with Gasteiger partial charge in [-0.3, -0.25) is 14.4 Å². The van der Waals surface area contributed by atoms with Gasteiger partial charge in [0.15, 0.2) is 11.5 Å². The second-order valence-electron chi connectivity index (χ2n) is 6.67. The van der Waals surface area contributed by atoms with E-state index < -0.39 is 11.8 Å². The molecule has 2 aliphatic rings. The Morgan fingerprint density at radius 3 is 2.64 bits per heavy atom. The zero-order chi connectivity index (χ0) is 19.7. The molecule has 2 heterocycles. The Balaban J connectivity index is 1.46. The number of nitrogens with two attached hydrogens (primary N) is 1. The van der Waals surface area contributed by atoms with Gasteiger partial charge in [-0.15, -0.1) is 0 Å². The Morgan fingerprint density at radius 1 is 1.07 bits per heavy atom. The van der Waals surface area contributed by atoms with E-state index in [9.17, 15) is 14.4 Å². The number of hydrogen-bond donors (Lipinski definition) is 2. The minimum absolute atomic E-state index is 0.107. The zero-order valence-corrected chi connectivity index (χ0v) is 15.0. The molecule has 0 spiro atoms. The highest BCUT2D eigenvalue weighted by Crippen LogP contribution is 2.36. The Morgan fingerprint density at radius 2 is 1.86 bits per heavy atom. The number of nitrogens with one attached hydrogen (secondary N) is 1. The van der Waals surface area contributed by atoms with Crippen molar-refractivity contribution in [1.82, 2.24) is 0 Å². The van der Waals surface area contributed by atoms with Gasteiger partial charge in [-0.05, 0) is 30.3 Å². The summed E-state index contributed by atoms with van der Waals surface area (Å²) in [5, 5.41) is 2.75. The summed E-state index contributed by atoms with van der Waals surface area (Å²) in [5.41, 5.74) is 6.70. The monoisotopic (exact) mass is 381 g/mol. The molecule has 28 heavy (non-hydrogen) atoms. The first-order valence-corrected chi connectivity index (χ1v) is 8.92. The molecular weight excluding hydrogens is 362 g/mol. The molecule has 8 heteroatoms. The number of hydrogen-bond acceptors (Lipinski definition) is 5. The lowest BCUT2D eigenvalue weighted by molar-refractivity contribution is -0.122. The Bertz CT molecular complexity index is 959. The molecule has 0 saturated carbocycles. The van der Waals surface area contributed by atoms with Crippen molar-refractivity contribution >= 4 is 29.1 Å². The van der Waals surface area contributed by atoms with Gasteiger partial charge >= 0.3 is 0 Å². The molecule has 1 fully saturated rings. The van der Waals surface area contributed by atoms with Crippen molar-refractivity contribution in [2.45, 2.75) is 6.42 Å². The van der Waals surface area contributed by atoms with Crippen LogP contribution in [-0.2, 0) is 9.59 Å². The molecule has 0 aliphatic carbocycles. The van der Waals surface area contributed by atoms with Crippen molar-refractivity contribution in [3.8, 4) is 11.5 Å². The topological polar surface area (TPSA) is 111 Å². The van der Waals surface area contributed by atoms with Crippen LogP contribution in [0.4, 0.5) is 11.4 Å². The standard InChI is InChI=1S/C20H19N3O5/c21-19(25)12-2-1-3-14(8-12)22-20(26)13-9-18(24)23(11-13)15-4-5-16-17(10-15)28-7-6-27-16/h1-5,8,10,13H,6-7,9,11H2,(H2,21,25)(H,22,26). The van der Waals surface area contributed by atoms with Crippen LogP contribution in [0.5, 0.6) is 11.5 Å². The number of amides is 3. The number of rotatable bonds is 4. The smallest absolute Gasteiger partial charge is 0.248 e. The molecule has 2 aliphatic heterocycles. The van der Waals surface area contributed by atoms with Crippen molar-refractivity contribution < 1.29 is 23.9 Å². The van der Waals surface area contributed by atoms with E-state index in [0.717, 1.165) is 0 Å². The van der Waals surface area contributed by atoms with Crippen LogP contribution in [-0.4, -0.2) is 37.5 Å². The number of benzene rings is 2. The van der Waals surface area contributed by atoms with Gasteiger partial charge in [-0.25, -0.2) is 0 Å². The minimum Gasteiger partial charge on any atom is -0.486 e. The molecule has 8 nitrogen and oxygen atoms in total. The molecule has 1 atom stereocenters. The molecule has 0 radical (unpaired) electrons. The number of primary amides is 1. The Labute approximate surface area is 161 Å². The number of anilines is 2. The number of nitrogens with zero attached hydrogens (tertiary/aromatic N) is 1. The maximum Gasteiger partial charge on any atom is 0.248 e. The lowest BCUT2D eigenvalue weighted by atomic mass is 10.1. The highest BCUT2D eigenvalue weighted by atomic mass is 16.6. The van der Waals surface area contributed by atoms with Crippen LogP contribution in [0.15, 0.2) is 42.5 Å². The molecule has 3 amide bonds. The average molecular weight is 381 g/mol. The van der Waals surface area contributed by atoms with Gasteiger partial charge in [0.2, 0.25) is 17.7 Å². The number of carbonyl (C=O) groups is 3. The van der Waals surface area contributed by atoms with E-state index in [0.29, 0.717) is 41.7 Å². The van der Waals surface area contributed by atoms with Gasteiger partial charge in [0.05, 0.1) is 5.92 Å². The summed E-state index contributed by atoms with van der Waals surface area (Å²) >= 11 is 0. The van der Waals surface area contributed by atoms with Crippen molar-refractivity contribution in [3.05, 3.63) is 48.0 Å². The fraction of sp³-hybridized carbons (Fsp3) is 0.250. The lowest BCUT2D eigenvalue weighted by Crippen LogP contribution is -2.28. The number of ether oxygens (including phenoxy) is 2. The van der Waals surface area contributed by atoms with E-state index >= 15 is 0 Å². The minimum atomic E-state index is -0.572. The van der Waals surface area contributed by atoms with Gasteiger partial charge in [0.1, 0.15) is 13.2 Å². The summed E-state index contributed by atoms with van der Waals surface area (Å²) in [6, 6.07) is 11.7. The van der Waals surface area contributed by atoms with Gasteiger partial charge in [0.25, 0.3) is 0 Å². The molecule has 3 N–H and O–H groups in total. The molecule has 0 aromatic heterocycles. The molecule has 144 valence electrons. The molecular formula is C20H19N3O5. The van der Waals surface area contributed by atoms with Crippen molar-refractivity contribution in [3.63, 3.8) is 0 Å². The number of carbonyl (C=O) groups excluding carboxylic acids is 3. The van der Waals surface area contributed by atoms with Gasteiger partial charge < -0.3 is 25.4 Å². The van der Waals surface area contributed by atoms with Crippen molar-refractivity contribution in [2.75, 3.05) is 30.0 Å². The van der Waals surface area contributed by atoms with E-state index in [2.05, 4.69) is 5.32 Å². The summed E-state index contributed by atoms with van der Waals surface area (Å²) in [6.07, 6.45) is 0.107. The highest BCUT2D eigenvalue weighted by Gasteiger charge is 2.35. The number of fused-ring (bicyclic) bond motifs is 1. The van der Waals surface area contributed by atoms with Gasteiger partial charge in [0, 0.05) is 36.0 Å². The largest absolute Gasteiger partial charge is 0.486 e. The van der Waals surface area contributed by atoms with Crippen molar-refractivity contribution in [2.24, 2.45) is 11.7 Å². The maximum atomic E-state index is 12.6. The third-order valence-electron chi connectivity index (χ3n) is 4.75. The lowest BCUT2D eigenvalue weighted by Gasteiger charge is -2.22. The van der Waals surface area contributed by atoms with Crippen LogP contribution in [0.1, 0.15) is 16.8 Å². The third-order valence-corrected chi connectivity index (χ3v) is 4.75. The summed E-state index contributed by atoms with van der Waals surface area (Å²) in [6.45, 7) is 1.22. The van der Waals surface area contributed by atoms with Crippen LogP contribution in [0, 0.1) is 5.92 Å². The third kappa shape index (κ3) is 3.48. The molecule has 4 rings (SSSR count). The van der Waals surface area contributed by atoms with Crippen LogP contribution < -0.4 is 25.4 Å². The average Bonchev–Trinajstić information content (AvgIpc) is 3.09. The van der Waals surface area contributed by atoms with Crippen molar-refractivity contribution in [1.29, 1.82) is 0 Å². The summed E-state index contributed by atoms with van der Waals surface area (Å²) < 4.78 is 11.1. The Kier molecular flexibility index (Phi) is 4.60. The second-order valence-corrected chi connectivity index (χ2v) is 6.67. The Hall–Kier alpha value is -3.55. The molecule has 0 bridgehead atoms. The first-order valence-electron chi connectivity index (χ1n) is 8.92. The molecule has 2 aromatic rings. The first-order chi connectivity index (χ1) is 13.5. The quantitative estimate of drug-likeness (QED) is 0.835. The van der Waals surface area contributed by atoms with E-state index in [1.165, 1.54) is 6.07 Å². The fourth-order valence-electron chi connectivity index (χ4n) is 3.33.